The molecule has 18 heavy (non-hydrogen) atoms. The summed E-state index contributed by atoms with van der Waals surface area (Å²) in [4.78, 5) is 15.7. The molecule has 1 aromatic rings. The Labute approximate surface area is 113 Å². The van der Waals surface area contributed by atoms with Crippen molar-refractivity contribution in [1.82, 2.24) is 9.80 Å². The Morgan fingerprint density at radius 1 is 1.44 bits per heavy atom. The normalized spacial score (nSPS) is 19.5. The number of likely N-dealkylation sites (N-methyl/N-ethyl adjacent to an activating group) is 1. The van der Waals surface area contributed by atoms with Crippen LogP contribution < -0.4 is 0 Å². The maximum atomic E-state index is 11.5. The quantitative estimate of drug-likeness (QED) is 0.778. The van der Waals surface area contributed by atoms with Crippen molar-refractivity contribution in [1.29, 1.82) is 0 Å². The topological polar surface area (TPSA) is 23.6 Å². The minimum Gasteiger partial charge on any atom is -0.340 e. The molecular weight excluding hydrogens is 248 g/mol. The lowest BCUT2D eigenvalue weighted by Gasteiger charge is -2.24. The molecule has 1 saturated heterocycles. The molecule has 1 aliphatic heterocycles. The van der Waals surface area contributed by atoms with Crippen molar-refractivity contribution < 1.29 is 4.79 Å². The highest BCUT2D eigenvalue weighted by Crippen LogP contribution is 2.17. The third kappa shape index (κ3) is 3.24. The first-order valence-corrected chi connectivity index (χ1v) is 6.82. The molecule has 1 aromatic carbocycles. The summed E-state index contributed by atoms with van der Waals surface area (Å²) in [6, 6.07) is 10.8. The second-order valence-corrected chi connectivity index (χ2v) is 5.08. The van der Waals surface area contributed by atoms with Gasteiger partial charge in [-0.05, 0) is 19.0 Å². The van der Waals surface area contributed by atoms with Crippen LogP contribution in [0.1, 0.15) is 12.0 Å². The molecule has 0 saturated carbocycles. The second kappa shape index (κ2) is 6.21. The Kier molecular flexibility index (Phi) is 4.61. The summed E-state index contributed by atoms with van der Waals surface area (Å²) in [6.45, 7) is 2.55. The average Bonchev–Trinajstić information content (AvgIpc) is 2.88. The van der Waals surface area contributed by atoms with E-state index in [2.05, 4.69) is 36.2 Å². The molecule has 1 aliphatic rings. The van der Waals surface area contributed by atoms with E-state index in [0.717, 1.165) is 26.1 Å². The number of carbonyl (C=O) groups excluding carboxylic acids is 1. The molecule has 0 spiro atoms. The van der Waals surface area contributed by atoms with E-state index >= 15 is 0 Å². The van der Waals surface area contributed by atoms with Crippen LogP contribution in [0.4, 0.5) is 0 Å². The monoisotopic (exact) mass is 266 g/mol. The van der Waals surface area contributed by atoms with Crippen molar-refractivity contribution in [3.8, 4) is 0 Å². The van der Waals surface area contributed by atoms with E-state index in [1.54, 1.807) is 0 Å². The van der Waals surface area contributed by atoms with Crippen molar-refractivity contribution >= 4 is 17.5 Å². The summed E-state index contributed by atoms with van der Waals surface area (Å²) >= 11 is 5.58. The Hall–Kier alpha value is -1.06. The van der Waals surface area contributed by atoms with Crippen LogP contribution in [-0.2, 0) is 11.3 Å². The van der Waals surface area contributed by atoms with Crippen LogP contribution in [0, 0.1) is 0 Å². The van der Waals surface area contributed by atoms with Gasteiger partial charge < -0.3 is 4.90 Å². The van der Waals surface area contributed by atoms with E-state index in [0.29, 0.717) is 6.04 Å². The lowest BCUT2D eigenvalue weighted by atomic mass is 10.1. The molecular formula is C14H19ClN2O. The first-order valence-electron chi connectivity index (χ1n) is 6.28. The van der Waals surface area contributed by atoms with Gasteiger partial charge in [-0.15, -0.1) is 11.6 Å². The maximum absolute atomic E-state index is 11.5. The molecule has 3 nitrogen and oxygen atoms in total. The third-order valence-electron chi connectivity index (χ3n) is 3.53. The Morgan fingerprint density at radius 2 is 2.17 bits per heavy atom. The number of rotatable bonds is 4. The number of hydrogen-bond acceptors (Lipinski definition) is 2. The van der Waals surface area contributed by atoms with E-state index in [-0.39, 0.29) is 11.8 Å². The summed E-state index contributed by atoms with van der Waals surface area (Å²) in [5.74, 6) is 0.141. The molecule has 1 atom stereocenters. The Bertz CT molecular complexity index is 396. The zero-order chi connectivity index (χ0) is 13.0. The van der Waals surface area contributed by atoms with Crippen molar-refractivity contribution in [2.75, 3.05) is 26.0 Å². The molecule has 0 bridgehead atoms. The zero-order valence-corrected chi connectivity index (χ0v) is 11.4. The van der Waals surface area contributed by atoms with E-state index in [1.807, 2.05) is 11.0 Å². The lowest BCUT2D eigenvalue weighted by molar-refractivity contribution is -0.127. The number of amides is 1. The zero-order valence-electron chi connectivity index (χ0n) is 10.7. The molecule has 4 heteroatoms. The predicted octanol–water partition coefficient (Wildman–Crippen LogP) is 1.96. The van der Waals surface area contributed by atoms with Crippen molar-refractivity contribution in [2.45, 2.75) is 19.0 Å². The smallest absolute Gasteiger partial charge is 0.237 e. The van der Waals surface area contributed by atoms with Crippen LogP contribution in [0.25, 0.3) is 0 Å². The standard InChI is InChI=1S/C14H19ClN2O/c1-16(10-12-5-3-2-4-6-12)13-7-8-17(11-13)14(18)9-15/h2-6,13H,7-11H2,1H3/t13-/m1/s1. The number of alkyl halides is 1. The summed E-state index contributed by atoms with van der Waals surface area (Å²) in [5, 5.41) is 0. The van der Waals surface area contributed by atoms with Gasteiger partial charge in [-0.1, -0.05) is 30.3 Å². The minimum absolute atomic E-state index is 0.0484. The number of nitrogens with zero attached hydrogens (tertiary/aromatic N) is 2. The maximum Gasteiger partial charge on any atom is 0.237 e. The first kappa shape index (κ1) is 13.4. The van der Waals surface area contributed by atoms with Crippen LogP contribution in [0.15, 0.2) is 30.3 Å². The van der Waals surface area contributed by atoms with E-state index in [4.69, 9.17) is 11.6 Å². The average molecular weight is 267 g/mol. The Morgan fingerprint density at radius 3 is 2.83 bits per heavy atom. The molecule has 1 amide bonds. The third-order valence-corrected chi connectivity index (χ3v) is 3.76. The summed E-state index contributed by atoms with van der Waals surface area (Å²) in [5.41, 5.74) is 1.31. The van der Waals surface area contributed by atoms with Crippen LogP contribution in [0.5, 0.6) is 0 Å². The van der Waals surface area contributed by atoms with Gasteiger partial charge in [0.25, 0.3) is 0 Å². The van der Waals surface area contributed by atoms with Gasteiger partial charge in [-0.3, -0.25) is 9.69 Å². The summed E-state index contributed by atoms with van der Waals surface area (Å²) < 4.78 is 0. The van der Waals surface area contributed by atoms with Gasteiger partial charge in [0.2, 0.25) is 5.91 Å². The highest BCUT2D eigenvalue weighted by Gasteiger charge is 2.28. The molecule has 98 valence electrons. The van der Waals surface area contributed by atoms with E-state index in [9.17, 15) is 4.79 Å². The molecule has 1 heterocycles. The summed E-state index contributed by atoms with van der Waals surface area (Å²) in [6.07, 6.45) is 1.03. The number of likely N-dealkylation sites (tertiary alicyclic amines) is 1. The minimum atomic E-state index is 0.0484. The van der Waals surface area contributed by atoms with Gasteiger partial charge in [0, 0.05) is 25.7 Å². The molecule has 2 rings (SSSR count). The summed E-state index contributed by atoms with van der Waals surface area (Å²) in [7, 11) is 2.12. The van der Waals surface area contributed by atoms with Crippen molar-refractivity contribution in [3.05, 3.63) is 35.9 Å². The van der Waals surface area contributed by atoms with Gasteiger partial charge in [-0.25, -0.2) is 0 Å². The van der Waals surface area contributed by atoms with Crippen LogP contribution in [0.3, 0.4) is 0 Å². The molecule has 0 unspecified atom stereocenters. The van der Waals surface area contributed by atoms with E-state index < -0.39 is 0 Å². The van der Waals surface area contributed by atoms with Crippen LogP contribution in [0.2, 0.25) is 0 Å². The largest absolute Gasteiger partial charge is 0.340 e. The van der Waals surface area contributed by atoms with Crippen molar-refractivity contribution in [2.24, 2.45) is 0 Å². The number of benzene rings is 1. The fourth-order valence-electron chi connectivity index (χ4n) is 2.41. The molecule has 0 N–H and O–H groups in total. The fourth-order valence-corrected chi connectivity index (χ4v) is 2.58. The molecule has 0 radical (unpaired) electrons. The van der Waals surface area contributed by atoms with Gasteiger partial charge in [0.1, 0.15) is 5.88 Å². The van der Waals surface area contributed by atoms with Gasteiger partial charge in [0.05, 0.1) is 0 Å². The molecule has 0 aliphatic carbocycles. The fraction of sp³-hybridized carbons (Fsp3) is 0.500. The van der Waals surface area contributed by atoms with Crippen molar-refractivity contribution in [3.63, 3.8) is 0 Å². The molecule has 1 fully saturated rings. The number of hydrogen-bond donors (Lipinski definition) is 0. The van der Waals surface area contributed by atoms with Crippen LogP contribution in [-0.4, -0.2) is 47.8 Å². The number of carbonyl (C=O) groups is 1. The predicted molar refractivity (Wildman–Crippen MR) is 73.6 cm³/mol. The Balaban J connectivity index is 1.88. The van der Waals surface area contributed by atoms with Gasteiger partial charge >= 0.3 is 0 Å². The van der Waals surface area contributed by atoms with Gasteiger partial charge in [-0.2, -0.15) is 0 Å². The molecule has 0 aromatic heterocycles. The SMILES string of the molecule is CN(Cc1ccccc1)[C@@H]1CCN(C(=O)CCl)C1. The van der Waals surface area contributed by atoms with Gasteiger partial charge in [0.15, 0.2) is 0 Å². The van der Waals surface area contributed by atoms with E-state index in [1.165, 1.54) is 5.56 Å². The first-order chi connectivity index (χ1) is 8.70. The highest BCUT2D eigenvalue weighted by molar-refractivity contribution is 6.27. The highest BCUT2D eigenvalue weighted by atomic mass is 35.5. The lowest BCUT2D eigenvalue weighted by Crippen LogP contribution is -2.36. The number of halogens is 1. The second-order valence-electron chi connectivity index (χ2n) is 4.82. The van der Waals surface area contributed by atoms with Crippen LogP contribution >= 0.6 is 11.6 Å².